The Morgan fingerprint density at radius 2 is 2.12 bits per heavy atom. The first-order valence-electron chi connectivity index (χ1n) is 7.66. The van der Waals surface area contributed by atoms with E-state index in [0.717, 1.165) is 16.3 Å². The number of halogens is 1. The molecule has 2 aromatic heterocycles. The van der Waals surface area contributed by atoms with Gasteiger partial charge in [0.25, 0.3) is 5.91 Å². The lowest BCUT2D eigenvalue weighted by Gasteiger charge is -2.14. The molecule has 0 spiro atoms. The molecule has 3 rings (SSSR count). The summed E-state index contributed by atoms with van der Waals surface area (Å²) in [5, 5.41) is 6.26. The van der Waals surface area contributed by atoms with Crippen molar-refractivity contribution in [1.82, 2.24) is 15.3 Å². The van der Waals surface area contributed by atoms with Gasteiger partial charge in [-0.15, -0.1) is 11.3 Å². The second-order valence-corrected chi connectivity index (χ2v) is 6.61. The van der Waals surface area contributed by atoms with E-state index in [0.29, 0.717) is 17.3 Å². The van der Waals surface area contributed by atoms with Gasteiger partial charge in [-0.2, -0.15) is 0 Å². The Morgan fingerprint density at radius 1 is 1.32 bits per heavy atom. The molecule has 5 nitrogen and oxygen atoms in total. The molecule has 0 aliphatic rings. The van der Waals surface area contributed by atoms with E-state index in [4.69, 9.17) is 16.3 Å². The summed E-state index contributed by atoms with van der Waals surface area (Å²) in [6.07, 6.45) is 2.88. The molecule has 3 aromatic rings. The first kappa shape index (κ1) is 17.4. The Labute approximate surface area is 154 Å². The van der Waals surface area contributed by atoms with Crippen LogP contribution in [-0.4, -0.2) is 22.0 Å². The van der Waals surface area contributed by atoms with Crippen molar-refractivity contribution < 1.29 is 9.53 Å². The zero-order valence-corrected chi connectivity index (χ0v) is 15.1. The number of aromatic nitrogens is 2. The summed E-state index contributed by atoms with van der Waals surface area (Å²) in [5.74, 6) is 0.394. The maximum atomic E-state index is 12.2. The minimum Gasteiger partial charge on any atom is -0.481 e. The van der Waals surface area contributed by atoms with Gasteiger partial charge in [-0.3, -0.25) is 9.78 Å². The van der Waals surface area contributed by atoms with Crippen molar-refractivity contribution in [2.45, 2.75) is 19.6 Å². The molecule has 1 atom stereocenters. The van der Waals surface area contributed by atoms with Gasteiger partial charge in [-0.25, -0.2) is 4.98 Å². The minimum atomic E-state index is -0.613. The lowest BCUT2D eigenvalue weighted by molar-refractivity contribution is -0.127. The molecule has 1 N–H and O–H groups in total. The predicted molar refractivity (Wildman–Crippen MR) is 98.7 cm³/mol. The van der Waals surface area contributed by atoms with Gasteiger partial charge in [0.1, 0.15) is 10.8 Å². The van der Waals surface area contributed by atoms with Crippen molar-refractivity contribution in [2.75, 3.05) is 0 Å². The smallest absolute Gasteiger partial charge is 0.261 e. The highest BCUT2D eigenvalue weighted by molar-refractivity contribution is 7.13. The molecular formula is C18H16ClN3O2S. The third-order valence-corrected chi connectivity index (χ3v) is 4.59. The van der Waals surface area contributed by atoms with Crippen LogP contribution in [0, 0.1) is 0 Å². The van der Waals surface area contributed by atoms with E-state index in [1.165, 1.54) is 11.3 Å². The van der Waals surface area contributed by atoms with Gasteiger partial charge in [0.05, 0.1) is 12.2 Å². The minimum absolute atomic E-state index is 0.203. The van der Waals surface area contributed by atoms with E-state index >= 15 is 0 Å². The van der Waals surface area contributed by atoms with Crippen LogP contribution in [0.4, 0.5) is 0 Å². The molecule has 0 saturated carbocycles. The molecule has 0 saturated heterocycles. The fraction of sp³-hybridized carbons (Fsp3) is 0.167. The molecule has 1 amide bonds. The van der Waals surface area contributed by atoms with Gasteiger partial charge in [-0.1, -0.05) is 11.6 Å². The van der Waals surface area contributed by atoms with Crippen LogP contribution in [0.25, 0.3) is 10.6 Å². The third kappa shape index (κ3) is 4.78. The number of ether oxygens (including phenoxy) is 1. The van der Waals surface area contributed by atoms with Gasteiger partial charge in [0.2, 0.25) is 0 Å². The molecule has 1 aromatic carbocycles. The molecule has 7 heteroatoms. The summed E-state index contributed by atoms with van der Waals surface area (Å²) in [7, 11) is 0. The average Bonchev–Trinajstić information content (AvgIpc) is 3.11. The van der Waals surface area contributed by atoms with Gasteiger partial charge < -0.3 is 10.1 Å². The van der Waals surface area contributed by atoms with Gasteiger partial charge >= 0.3 is 0 Å². The lowest BCUT2D eigenvalue weighted by Crippen LogP contribution is -2.35. The van der Waals surface area contributed by atoms with Crippen molar-refractivity contribution in [1.29, 1.82) is 0 Å². The van der Waals surface area contributed by atoms with E-state index in [9.17, 15) is 4.79 Å². The zero-order valence-electron chi connectivity index (χ0n) is 13.5. The number of pyridine rings is 1. The molecule has 0 fully saturated rings. The molecule has 25 heavy (non-hydrogen) atoms. The van der Waals surface area contributed by atoms with Crippen LogP contribution in [0.3, 0.4) is 0 Å². The average molecular weight is 374 g/mol. The highest BCUT2D eigenvalue weighted by Gasteiger charge is 2.15. The first-order chi connectivity index (χ1) is 12.1. The lowest BCUT2D eigenvalue weighted by atomic mass is 10.3. The Hall–Kier alpha value is -2.44. The van der Waals surface area contributed by atoms with E-state index in [-0.39, 0.29) is 5.91 Å². The second-order valence-electron chi connectivity index (χ2n) is 5.32. The molecule has 2 heterocycles. The number of carbonyl (C=O) groups excluding carboxylic acids is 1. The van der Waals surface area contributed by atoms with Crippen LogP contribution in [0.1, 0.15) is 12.6 Å². The number of hydrogen-bond acceptors (Lipinski definition) is 5. The topological polar surface area (TPSA) is 64.1 Å². The third-order valence-electron chi connectivity index (χ3n) is 3.40. The van der Waals surface area contributed by atoms with Crippen LogP contribution < -0.4 is 10.1 Å². The van der Waals surface area contributed by atoms with E-state index < -0.39 is 6.10 Å². The van der Waals surface area contributed by atoms with Crippen molar-refractivity contribution >= 4 is 28.8 Å². The summed E-state index contributed by atoms with van der Waals surface area (Å²) in [4.78, 5) is 20.8. The Morgan fingerprint density at radius 3 is 2.84 bits per heavy atom. The first-order valence-corrected chi connectivity index (χ1v) is 8.92. The molecule has 128 valence electrons. The van der Waals surface area contributed by atoms with Crippen LogP contribution in [0.5, 0.6) is 5.75 Å². The summed E-state index contributed by atoms with van der Waals surface area (Å²) in [6, 6.07) is 10.7. The number of thiazole rings is 1. The molecular weight excluding hydrogens is 358 g/mol. The SMILES string of the molecule is CC(Oc1ccc(Cl)cc1)C(=O)NCc1csc(-c2cccnc2)n1. The van der Waals surface area contributed by atoms with Crippen molar-refractivity contribution in [3.05, 3.63) is 64.9 Å². The van der Waals surface area contributed by atoms with Crippen molar-refractivity contribution in [3.63, 3.8) is 0 Å². The van der Waals surface area contributed by atoms with Crippen LogP contribution in [-0.2, 0) is 11.3 Å². The Kier molecular flexibility index (Phi) is 5.63. The summed E-state index contributed by atoms with van der Waals surface area (Å²) in [5.41, 5.74) is 1.76. The summed E-state index contributed by atoms with van der Waals surface area (Å²) >= 11 is 7.35. The van der Waals surface area contributed by atoms with Gasteiger partial charge in [-0.05, 0) is 43.3 Å². The van der Waals surface area contributed by atoms with Gasteiger partial charge in [0, 0.05) is 28.4 Å². The largest absolute Gasteiger partial charge is 0.481 e. The molecule has 0 aliphatic heterocycles. The number of amides is 1. The van der Waals surface area contributed by atoms with E-state index in [1.54, 1.807) is 43.6 Å². The molecule has 0 radical (unpaired) electrons. The number of hydrogen-bond donors (Lipinski definition) is 1. The summed E-state index contributed by atoms with van der Waals surface area (Å²) in [6.45, 7) is 2.05. The summed E-state index contributed by atoms with van der Waals surface area (Å²) < 4.78 is 5.60. The normalized spacial score (nSPS) is 11.8. The van der Waals surface area contributed by atoms with Crippen LogP contribution >= 0.6 is 22.9 Å². The fourth-order valence-corrected chi connectivity index (χ4v) is 3.04. The highest BCUT2D eigenvalue weighted by Crippen LogP contribution is 2.22. The maximum Gasteiger partial charge on any atom is 0.261 e. The number of benzene rings is 1. The Balaban J connectivity index is 1.53. The fourth-order valence-electron chi connectivity index (χ4n) is 2.10. The quantitative estimate of drug-likeness (QED) is 0.710. The number of rotatable bonds is 6. The van der Waals surface area contributed by atoms with Gasteiger partial charge in [0.15, 0.2) is 6.10 Å². The zero-order chi connectivity index (χ0) is 17.6. The van der Waals surface area contributed by atoms with Crippen molar-refractivity contribution in [3.8, 4) is 16.3 Å². The monoisotopic (exact) mass is 373 g/mol. The number of nitrogens with one attached hydrogen (secondary N) is 1. The highest BCUT2D eigenvalue weighted by atomic mass is 35.5. The van der Waals surface area contributed by atoms with Crippen molar-refractivity contribution in [2.24, 2.45) is 0 Å². The standard InChI is InChI=1S/C18H16ClN3O2S/c1-12(24-16-6-4-14(19)5-7-16)17(23)21-10-15-11-25-18(22-15)13-3-2-8-20-9-13/h2-9,11-12H,10H2,1H3,(H,21,23). The number of nitrogens with zero attached hydrogens (tertiary/aromatic N) is 2. The molecule has 0 bridgehead atoms. The van der Waals surface area contributed by atoms with E-state index in [2.05, 4.69) is 15.3 Å². The molecule has 0 aliphatic carbocycles. The van der Waals surface area contributed by atoms with Crippen LogP contribution in [0.15, 0.2) is 54.2 Å². The molecule has 1 unspecified atom stereocenters. The Bertz CT molecular complexity index is 837. The number of carbonyl (C=O) groups is 1. The predicted octanol–water partition coefficient (Wildman–Crippen LogP) is 3.94. The maximum absolute atomic E-state index is 12.2. The van der Waals surface area contributed by atoms with Crippen LogP contribution in [0.2, 0.25) is 5.02 Å². The second kappa shape index (κ2) is 8.09. The van der Waals surface area contributed by atoms with E-state index in [1.807, 2.05) is 17.5 Å².